The van der Waals surface area contributed by atoms with Gasteiger partial charge >= 0.3 is 11.9 Å². The number of aliphatic carboxylic acids is 1. The van der Waals surface area contributed by atoms with E-state index in [9.17, 15) is 9.59 Å². The lowest BCUT2D eigenvalue weighted by atomic mass is 9.67. The maximum Gasteiger partial charge on any atom is 0.303 e. The number of carboxylic acids is 1. The monoisotopic (exact) mass is 328 g/mol. The van der Waals surface area contributed by atoms with E-state index in [1.807, 2.05) is 0 Å². The van der Waals surface area contributed by atoms with Crippen molar-refractivity contribution in [1.82, 2.24) is 0 Å². The van der Waals surface area contributed by atoms with Gasteiger partial charge in [-0.25, -0.2) is 0 Å². The quantitative estimate of drug-likeness (QED) is 0.518. The molecule has 5 nitrogen and oxygen atoms in total. The largest absolute Gasteiger partial charge is 0.481 e. The summed E-state index contributed by atoms with van der Waals surface area (Å²) in [5, 5.41) is 8.61. The van der Waals surface area contributed by atoms with Gasteiger partial charge in [-0.05, 0) is 42.9 Å². The molecule has 1 aliphatic carbocycles. The van der Waals surface area contributed by atoms with Crippen LogP contribution in [0.4, 0.5) is 0 Å². The Bertz CT molecular complexity index is 382. The summed E-state index contributed by atoms with van der Waals surface area (Å²) >= 11 is 0. The van der Waals surface area contributed by atoms with E-state index in [2.05, 4.69) is 20.8 Å². The molecular weight excluding hydrogens is 296 g/mol. The number of hydrogen-bond acceptors (Lipinski definition) is 4. The van der Waals surface area contributed by atoms with Crippen LogP contribution in [0.3, 0.4) is 0 Å². The molecule has 1 rings (SSSR count). The van der Waals surface area contributed by atoms with Crippen molar-refractivity contribution < 1.29 is 24.2 Å². The topological polar surface area (TPSA) is 72.8 Å². The van der Waals surface area contributed by atoms with Gasteiger partial charge in [0, 0.05) is 20.0 Å². The van der Waals surface area contributed by atoms with Crippen LogP contribution in [0.2, 0.25) is 0 Å². The third kappa shape index (κ3) is 6.90. The molecule has 2 unspecified atom stereocenters. The lowest BCUT2D eigenvalue weighted by Gasteiger charge is -2.43. The van der Waals surface area contributed by atoms with Gasteiger partial charge in [-0.15, -0.1) is 0 Å². The zero-order valence-corrected chi connectivity index (χ0v) is 14.9. The Kier molecular flexibility index (Phi) is 8.59. The molecule has 0 aromatic carbocycles. The molecule has 23 heavy (non-hydrogen) atoms. The summed E-state index contributed by atoms with van der Waals surface area (Å²) in [6.45, 7) is 9.32. The Labute approximate surface area is 139 Å². The Morgan fingerprint density at radius 3 is 2.35 bits per heavy atom. The Balaban J connectivity index is 2.37. The van der Waals surface area contributed by atoms with Gasteiger partial charge in [0.2, 0.25) is 0 Å². The zero-order valence-electron chi connectivity index (χ0n) is 14.9. The van der Waals surface area contributed by atoms with Gasteiger partial charge in [-0.2, -0.15) is 0 Å². The molecule has 5 atom stereocenters. The fourth-order valence-corrected chi connectivity index (χ4v) is 3.43. The minimum Gasteiger partial charge on any atom is -0.481 e. The van der Waals surface area contributed by atoms with Gasteiger partial charge in [0.25, 0.3) is 0 Å². The smallest absolute Gasteiger partial charge is 0.303 e. The molecule has 1 aliphatic rings. The molecule has 0 aromatic heterocycles. The van der Waals surface area contributed by atoms with Gasteiger partial charge in [0.05, 0.1) is 12.7 Å². The van der Waals surface area contributed by atoms with Gasteiger partial charge in [-0.3, -0.25) is 9.59 Å². The third-order valence-electron chi connectivity index (χ3n) is 5.39. The van der Waals surface area contributed by atoms with E-state index in [4.69, 9.17) is 14.6 Å². The highest BCUT2D eigenvalue weighted by molar-refractivity contribution is 5.66. The molecule has 0 spiro atoms. The number of rotatable bonds is 9. The molecule has 0 heterocycles. The molecular formula is C18H32O5. The second kappa shape index (κ2) is 9.91. The predicted octanol–water partition coefficient (Wildman–Crippen LogP) is 3.51. The second-order valence-corrected chi connectivity index (χ2v) is 6.99. The Morgan fingerprint density at radius 1 is 1.04 bits per heavy atom. The van der Waals surface area contributed by atoms with Crippen molar-refractivity contribution >= 4 is 11.9 Å². The van der Waals surface area contributed by atoms with E-state index in [0.717, 1.165) is 19.3 Å². The number of carbonyl (C=O) groups excluding carboxylic acids is 1. The maximum absolute atomic E-state index is 11.0. The fraction of sp³-hybridized carbons (Fsp3) is 0.889. The van der Waals surface area contributed by atoms with Crippen LogP contribution in [0.5, 0.6) is 0 Å². The molecule has 0 amide bonds. The Hall–Kier alpha value is -1.10. The number of hydrogen-bond donors (Lipinski definition) is 1. The minimum atomic E-state index is -0.733. The first-order valence-corrected chi connectivity index (χ1v) is 8.79. The normalized spacial score (nSPS) is 30.9. The molecule has 134 valence electrons. The van der Waals surface area contributed by atoms with Gasteiger partial charge in [0.15, 0.2) is 0 Å². The third-order valence-corrected chi connectivity index (χ3v) is 5.39. The van der Waals surface area contributed by atoms with E-state index in [0.29, 0.717) is 43.3 Å². The summed E-state index contributed by atoms with van der Waals surface area (Å²) in [5.74, 6) is 0.920. The summed E-state index contributed by atoms with van der Waals surface area (Å²) in [5.41, 5.74) is 0. The zero-order chi connectivity index (χ0) is 17.4. The number of ether oxygens (including phenoxy) is 2. The van der Waals surface area contributed by atoms with Gasteiger partial charge < -0.3 is 14.6 Å². The van der Waals surface area contributed by atoms with Gasteiger partial charge in [-0.1, -0.05) is 27.2 Å². The highest BCUT2D eigenvalue weighted by Crippen LogP contribution is 2.40. The van der Waals surface area contributed by atoms with E-state index >= 15 is 0 Å². The molecule has 0 aromatic rings. The number of carbonyl (C=O) groups is 2. The van der Waals surface area contributed by atoms with Crippen LogP contribution in [0.25, 0.3) is 0 Å². The molecule has 0 saturated heterocycles. The average molecular weight is 328 g/mol. The molecule has 0 bridgehead atoms. The van der Waals surface area contributed by atoms with E-state index in [-0.39, 0.29) is 18.5 Å². The fourth-order valence-electron chi connectivity index (χ4n) is 3.43. The molecule has 0 aliphatic heterocycles. The average Bonchev–Trinajstić information content (AvgIpc) is 2.48. The van der Waals surface area contributed by atoms with Crippen molar-refractivity contribution in [2.45, 2.75) is 65.9 Å². The summed E-state index contributed by atoms with van der Waals surface area (Å²) in [4.78, 5) is 21.5. The number of carboxylic acid groups (broad SMARTS) is 1. The number of esters is 1. The number of unbranched alkanes of at least 4 members (excludes halogenated alkanes) is 2. The van der Waals surface area contributed by atoms with E-state index in [1.54, 1.807) is 0 Å². The minimum absolute atomic E-state index is 0.196. The lowest BCUT2D eigenvalue weighted by molar-refractivity contribution is -0.146. The van der Waals surface area contributed by atoms with Crippen molar-refractivity contribution in [2.75, 3.05) is 13.2 Å². The van der Waals surface area contributed by atoms with Crippen LogP contribution < -0.4 is 0 Å². The van der Waals surface area contributed by atoms with Crippen LogP contribution in [-0.2, 0) is 19.1 Å². The summed E-state index contributed by atoms with van der Waals surface area (Å²) < 4.78 is 11.3. The summed E-state index contributed by atoms with van der Waals surface area (Å²) in [7, 11) is 0. The van der Waals surface area contributed by atoms with Crippen LogP contribution in [0, 0.1) is 23.7 Å². The Morgan fingerprint density at radius 2 is 1.74 bits per heavy atom. The van der Waals surface area contributed by atoms with Crippen LogP contribution in [0.15, 0.2) is 0 Å². The van der Waals surface area contributed by atoms with E-state index in [1.165, 1.54) is 6.92 Å². The van der Waals surface area contributed by atoms with Crippen molar-refractivity contribution in [3.05, 3.63) is 0 Å². The molecule has 0 radical (unpaired) electrons. The van der Waals surface area contributed by atoms with Crippen LogP contribution in [-0.4, -0.2) is 36.4 Å². The summed E-state index contributed by atoms with van der Waals surface area (Å²) in [6.07, 6.45) is 3.85. The summed E-state index contributed by atoms with van der Waals surface area (Å²) in [6, 6.07) is 0. The van der Waals surface area contributed by atoms with Crippen LogP contribution in [0.1, 0.15) is 59.8 Å². The van der Waals surface area contributed by atoms with Crippen molar-refractivity contribution in [2.24, 2.45) is 23.7 Å². The van der Waals surface area contributed by atoms with Gasteiger partial charge in [0.1, 0.15) is 0 Å². The van der Waals surface area contributed by atoms with E-state index < -0.39 is 5.97 Å². The molecule has 1 saturated carbocycles. The second-order valence-electron chi connectivity index (χ2n) is 6.99. The highest BCUT2D eigenvalue weighted by Gasteiger charge is 2.38. The van der Waals surface area contributed by atoms with Crippen molar-refractivity contribution in [3.63, 3.8) is 0 Å². The van der Waals surface area contributed by atoms with Crippen LogP contribution >= 0.6 is 0 Å². The molecule has 1 N–H and O–H groups in total. The van der Waals surface area contributed by atoms with Crippen molar-refractivity contribution in [3.8, 4) is 0 Å². The van der Waals surface area contributed by atoms with Crippen molar-refractivity contribution in [1.29, 1.82) is 0 Å². The first-order chi connectivity index (χ1) is 10.8. The predicted molar refractivity (Wildman–Crippen MR) is 88.1 cm³/mol. The SMILES string of the molecule is CC(=O)OCC1C[C@@H](OCCCCCC(=O)O)C(C)[C@@H](C)[C@H]1C. The maximum atomic E-state index is 11.0. The lowest BCUT2D eigenvalue weighted by Crippen LogP contribution is -2.42. The molecule has 1 fully saturated rings. The first kappa shape index (κ1) is 19.9. The molecule has 5 heteroatoms. The first-order valence-electron chi connectivity index (χ1n) is 8.79. The highest BCUT2D eigenvalue weighted by atomic mass is 16.5. The standard InChI is InChI=1S/C18H32O5/c1-12-13(2)16(11-23-15(4)19)10-17(14(12)3)22-9-7-5-6-8-18(20)21/h12-14,16-17H,5-11H2,1-4H3,(H,20,21)/t12-,13+,14?,16?,17+/m0/s1.